The molecule has 1 amide bonds. The van der Waals surface area contributed by atoms with Crippen molar-refractivity contribution in [3.8, 4) is 5.75 Å². The van der Waals surface area contributed by atoms with Gasteiger partial charge in [0.05, 0.1) is 0 Å². The van der Waals surface area contributed by atoms with Crippen LogP contribution in [0.2, 0.25) is 0 Å². The standard InChI is InChI=1S/C18H21NO2/c1-12-5-7-14(3)16(9-12)19-18(20)11-21-17-10-13(2)6-8-15(17)4/h5-10H,11H2,1-4H3,(H,19,20). The normalized spacial score (nSPS) is 10.3. The Labute approximate surface area is 126 Å². The monoisotopic (exact) mass is 283 g/mol. The van der Waals surface area contributed by atoms with E-state index >= 15 is 0 Å². The van der Waals surface area contributed by atoms with Gasteiger partial charge in [-0.05, 0) is 62.1 Å². The molecule has 0 aliphatic rings. The molecule has 0 aromatic heterocycles. The lowest BCUT2D eigenvalue weighted by atomic mass is 10.1. The quantitative estimate of drug-likeness (QED) is 0.923. The molecule has 0 saturated carbocycles. The molecule has 3 heteroatoms. The summed E-state index contributed by atoms with van der Waals surface area (Å²) in [4.78, 5) is 12.0. The highest BCUT2D eigenvalue weighted by molar-refractivity contribution is 5.92. The molecule has 0 saturated heterocycles. The maximum absolute atomic E-state index is 12.0. The van der Waals surface area contributed by atoms with Crippen LogP contribution in [-0.4, -0.2) is 12.5 Å². The molecular formula is C18H21NO2. The van der Waals surface area contributed by atoms with E-state index in [1.165, 1.54) is 0 Å². The summed E-state index contributed by atoms with van der Waals surface area (Å²) in [5.41, 5.74) is 5.14. The van der Waals surface area contributed by atoms with Crippen LogP contribution in [0.3, 0.4) is 0 Å². The molecule has 0 heterocycles. The van der Waals surface area contributed by atoms with Crippen LogP contribution in [0.4, 0.5) is 5.69 Å². The Morgan fingerprint density at radius 3 is 2.29 bits per heavy atom. The predicted octanol–water partition coefficient (Wildman–Crippen LogP) is 3.94. The first kappa shape index (κ1) is 15.1. The number of rotatable bonds is 4. The molecule has 0 aliphatic carbocycles. The zero-order valence-electron chi connectivity index (χ0n) is 13.0. The van der Waals surface area contributed by atoms with Crippen LogP contribution in [-0.2, 0) is 4.79 Å². The average Bonchev–Trinajstić information content (AvgIpc) is 2.44. The average molecular weight is 283 g/mol. The number of amides is 1. The van der Waals surface area contributed by atoms with Crippen molar-refractivity contribution in [2.24, 2.45) is 0 Å². The number of carbonyl (C=O) groups excluding carboxylic acids is 1. The van der Waals surface area contributed by atoms with E-state index in [4.69, 9.17) is 4.74 Å². The maximum atomic E-state index is 12.0. The second-order valence-electron chi connectivity index (χ2n) is 5.42. The number of aryl methyl sites for hydroxylation is 4. The molecular weight excluding hydrogens is 262 g/mol. The van der Waals surface area contributed by atoms with Gasteiger partial charge in [0, 0.05) is 5.69 Å². The lowest BCUT2D eigenvalue weighted by Crippen LogP contribution is -2.21. The van der Waals surface area contributed by atoms with Gasteiger partial charge in [0.1, 0.15) is 5.75 Å². The van der Waals surface area contributed by atoms with Crippen LogP contribution in [0, 0.1) is 27.7 Å². The van der Waals surface area contributed by atoms with Gasteiger partial charge in [-0.15, -0.1) is 0 Å². The minimum Gasteiger partial charge on any atom is -0.483 e. The van der Waals surface area contributed by atoms with Gasteiger partial charge in [0.25, 0.3) is 5.91 Å². The van der Waals surface area contributed by atoms with Crippen LogP contribution in [0.15, 0.2) is 36.4 Å². The van der Waals surface area contributed by atoms with Crippen molar-refractivity contribution in [3.63, 3.8) is 0 Å². The number of carbonyl (C=O) groups is 1. The summed E-state index contributed by atoms with van der Waals surface area (Å²) < 4.78 is 5.61. The maximum Gasteiger partial charge on any atom is 0.262 e. The molecule has 0 radical (unpaired) electrons. The van der Waals surface area contributed by atoms with Crippen LogP contribution in [0.5, 0.6) is 5.75 Å². The zero-order valence-corrected chi connectivity index (χ0v) is 13.0. The molecule has 0 aliphatic heterocycles. The highest BCUT2D eigenvalue weighted by Crippen LogP contribution is 2.19. The molecule has 0 unspecified atom stereocenters. The molecule has 0 fully saturated rings. The molecule has 1 N–H and O–H groups in total. The van der Waals surface area contributed by atoms with Gasteiger partial charge in [-0.1, -0.05) is 24.3 Å². The van der Waals surface area contributed by atoms with Gasteiger partial charge < -0.3 is 10.1 Å². The number of hydrogen-bond acceptors (Lipinski definition) is 2. The highest BCUT2D eigenvalue weighted by Gasteiger charge is 2.07. The van der Waals surface area contributed by atoms with Gasteiger partial charge in [0.15, 0.2) is 6.61 Å². The SMILES string of the molecule is Cc1ccc(C)c(NC(=O)COc2cc(C)ccc2C)c1. The first-order valence-electron chi connectivity index (χ1n) is 7.03. The Morgan fingerprint density at radius 1 is 0.952 bits per heavy atom. The number of benzene rings is 2. The van der Waals surface area contributed by atoms with E-state index in [1.807, 2.05) is 64.1 Å². The summed E-state index contributed by atoms with van der Waals surface area (Å²) in [5, 5.41) is 2.89. The van der Waals surface area contributed by atoms with E-state index in [2.05, 4.69) is 5.32 Å². The van der Waals surface area contributed by atoms with Gasteiger partial charge in [-0.25, -0.2) is 0 Å². The van der Waals surface area contributed by atoms with Crippen molar-refractivity contribution in [1.82, 2.24) is 0 Å². The summed E-state index contributed by atoms with van der Waals surface area (Å²) in [6.07, 6.45) is 0. The Kier molecular flexibility index (Phi) is 4.63. The number of ether oxygens (including phenoxy) is 1. The first-order valence-corrected chi connectivity index (χ1v) is 7.03. The largest absolute Gasteiger partial charge is 0.483 e. The Balaban J connectivity index is 1.99. The van der Waals surface area contributed by atoms with Crippen molar-refractivity contribution in [1.29, 1.82) is 0 Å². The van der Waals surface area contributed by atoms with Crippen molar-refractivity contribution in [3.05, 3.63) is 58.7 Å². The Hall–Kier alpha value is -2.29. The highest BCUT2D eigenvalue weighted by atomic mass is 16.5. The number of nitrogens with one attached hydrogen (secondary N) is 1. The zero-order chi connectivity index (χ0) is 15.4. The fraction of sp³-hybridized carbons (Fsp3) is 0.278. The number of hydrogen-bond donors (Lipinski definition) is 1. The van der Waals surface area contributed by atoms with Crippen LogP contribution >= 0.6 is 0 Å². The van der Waals surface area contributed by atoms with Crippen LogP contribution in [0.25, 0.3) is 0 Å². The fourth-order valence-electron chi connectivity index (χ4n) is 2.06. The van der Waals surface area contributed by atoms with E-state index in [9.17, 15) is 4.79 Å². The smallest absolute Gasteiger partial charge is 0.262 e. The summed E-state index contributed by atoms with van der Waals surface area (Å²) in [6, 6.07) is 11.9. The Morgan fingerprint density at radius 2 is 1.57 bits per heavy atom. The molecule has 21 heavy (non-hydrogen) atoms. The summed E-state index contributed by atoms with van der Waals surface area (Å²) >= 11 is 0. The van der Waals surface area contributed by atoms with Crippen LogP contribution in [0.1, 0.15) is 22.3 Å². The third-order valence-electron chi connectivity index (χ3n) is 3.37. The fourth-order valence-corrected chi connectivity index (χ4v) is 2.06. The Bertz CT molecular complexity index is 662. The van der Waals surface area contributed by atoms with Crippen molar-refractivity contribution >= 4 is 11.6 Å². The van der Waals surface area contributed by atoms with Gasteiger partial charge in [-0.2, -0.15) is 0 Å². The molecule has 2 aromatic rings. The van der Waals surface area contributed by atoms with E-state index in [0.717, 1.165) is 33.7 Å². The van der Waals surface area contributed by atoms with Crippen molar-refractivity contribution < 1.29 is 9.53 Å². The first-order chi connectivity index (χ1) is 9.95. The second kappa shape index (κ2) is 6.44. The minimum atomic E-state index is -0.149. The molecule has 3 nitrogen and oxygen atoms in total. The predicted molar refractivity (Wildman–Crippen MR) is 86.0 cm³/mol. The van der Waals surface area contributed by atoms with Gasteiger partial charge >= 0.3 is 0 Å². The molecule has 0 atom stereocenters. The van der Waals surface area contributed by atoms with Crippen LogP contribution < -0.4 is 10.1 Å². The molecule has 2 aromatic carbocycles. The molecule has 2 rings (SSSR count). The van der Waals surface area contributed by atoms with E-state index < -0.39 is 0 Å². The third kappa shape index (κ3) is 4.09. The summed E-state index contributed by atoms with van der Waals surface area (Å²) in [7, 11) is 0. The minimum absolute atomic E-state index is 0.0116. The summed E-state index contributed by atoms with van der Waals surface area (Å²) in [5.74, 6) is 0.607. The molecule has 0 spiro atoms. The topological polar surface area (TPSA) is 38.3 Å². The van der Waals surface area contributed by atoms with Crippen molar-refractivity contribution in [2.75, 3.05) is 11.9 Å². The van der Waals surface area contributed by atoms with E-state index in [0.29, 0.717) is 0 Å². The van der Waals surface area contributed by atoms with Gasteiger partial charge in [0.2, 0.25) is 0 Å². The number of anilines is 1. The lowest BCUT2D eigenvalue weighted by molar-refractivity contribution is -0.118. The second-order valence-corrected chi connectivity index (χ2v) is 5.42. The van der Waals surface area contributed by atoms with Crippen molar-refractivity contribution in [2.45, 2.75) is 27.7 Å². The third-order valence-corrected chi connectivity index (χ3v) is 3.37. The lowest BCUT2D eigenvalue weighted by Gasteiger charge is -2.12. The van der Waals surface area contributed by atoms with E-state index in [-0.39, 0.29) is 12.5 Å². The van der Waals surface area contributed by atoms with Gasteiger partial charge in [-0.3, -0.25) is 4.79 Å². The molecule has 110 valence electrons. The van der Waals surface area contributed by atoms with E-state index in [1.54, 1.807) is 0 Å². The molecule has 0 bridgehead atoms. The summed E-state index contributed by atoms with van der Waals surface area (Å²) in [6.45, 7) is 7.96.